The lowest BCUT2D eigenvalue weighted by Crippen LogP contribution is -2.36. The van der Waals surface area contributed by atoms with Crippen LogP contribution in [0.2, 0.25) is 0 Å². The van der Waals surface area contributed by atoms with Crippen molar-refractivity contribution in [1.82, 2.24) is 15.1 Å². The molecule has 1 amide bonds. The Kier molecular flexibility index (Phi) is 4.40. The summed E-state index contributed by atoms with van der Waals surface area (Å²) in [5, 5.41) is 7.20. The summed E-state index contributed by atoms with van der Waals surface area (Å²) < 4.78 is 8.06. The molecule has 2 atom stereocenters. The van der Waals surface area contributed by atoms with Gasteiger partial charge in [-0.25, -0.2) is 0 Å². The van der Waals surface area contributed by atoms with Crippen LogP contribution in [0.5, 0.6) is 0 Å². The summed E-state index contributed by atoms with van der Waals surface area (Å²) in [5.74, 6) is -0.0273. The molecule has 1 aromatic rings. The molecule has 18 heavy (non-hydrogen) atoms. The summed E-state index contributed by atoms with van der Waals surface area (Å²) in [5.41, 5.74) is 0.883. The van der Waals surface area contributed by atoms with Crippen LogP contribution in [0.3, 0.4) is 0 Å². The summed E-state index contributed by atoms with van der Waals surface area (Å²) in [7, 11) is 0. The normalized spacial score (nSPS) is 20.9. The van der Waals surface area contributed by atoms with E-state index in [1.165, 1.54) is 0 Å². The Morgan fingerprint density at radius 1 is 1.78 bits per heavy atom. The van der Waals surface area contributed by atoms with Crippen molar-refractivity contribution in [3.63, 3.8) is 0 Å². The fraction of sp³-hybridized carbons (Fsp3) is 0.667. The van der Waals surface area contributed by atoms with Gasteiger partial charge in [-0.15, -0.1) is 0 Å². The second-order valence-electron chi connectivity index (χ2n) is 4.60. The van der Waals surface area contributed by atoms with E-state index < -0.39 is 0 Å². The van der Waals surface area contributed by atoms with E-state index in [0.29, 0.717) is 6.54 Å². The number of hydrogen-bond acceptors (Lipinski definition) is 3. The van der Waals surface area contributed by atoms with E-state index in [4.69, 9.17) is 4.74 Å². The van der Waals surface area contributed by atoms with E-state index in [1.54, 1.807) is 4.68 Å². The van der Waals surface area contributed by atoms with Gasteiger partial charge in [-0.3, -0.25) is 9.48 Å². The largest absolute Gasteiger partial charge is 0.376 e. The van der Waals surface area contributed by atoms with Gasteiger partial charge < -0.3 is 10.1 Å². The zero-order chi connectivity index (χ0) is 13.1. The molecule has 0 saturated carbocycles. The molecule has 5 nitrogen and oxygen atoms in total. The van der Waals surface area contributed by atoms with Crippen LogP contribution in [-0.4, -0.2) is 34.9 Å². The summed E-state index contributed by atoms with van der Waals surface area (Å²) >= 11 is 3.39. The van der Waals surface area contributed by atoms with Gasteiger partial charge in [0, 0.05) is 19.3 Å². The number of nitrogens with zero attached hydrogens (tertiary/aromatic N) is 2. The molecule has 1 aliphatic heterocycles. The number of halogens is 1. The van der Waals surface area contributed by atoms with Crippen LogP contribution in [0.1, 0.15) is 31.5 Å². The maximum atomic E-state index is 12.0. The first-order chi connectivity index (χ1) is 8.58. The minimum Gasteiger partial charge on any atom is -0.376 e. The van der Waals surface area contributed by atoms with Crippen LogP contribution < -0.4 is 5.32 Å². The fourth-order valence-corrected chi connectivity index (χ4v) is 2.23. The number of amides is 1. The van der Waals surface area contributed by atoms with Gasteiger partial charge in [-0.05, 0) is 42.6 Å². The standard InChI is InChI=1S/C12H18BrN3O2/c1-8-11(13)7-16(15-8)9(2)12(17)14-6-10-4-3-5-18-10/h7,9-10H,3-6H2,1-2H3,(H,14,17). The third-order valence-corrected chi connectivity index (χ3v) is 3.94. The minimum absolute atomic E-state index is 0.0273. The van der Waals surface area contributed by atoms with Crippen LogP contribution in [0.4, 0.5) is 0 Å². The molecule has 0 bridgehead atoms. The van der Waals surface area contributed by atoms with Gasteiger partial charge in [0.05, 0.1) is 16.3 Å². The first-order valence-electron chi connectivity index (χ1n) is 6.18. The molecular weight excluding hydrogens is 298 g/mol. The first kappa shape index (κ1) is 13.5. The van der Waals surface area contributed by atoms with Gasteiger partial charge in [0.15, 0.2) is 0 Å². The van der Waals surface area contributed by atoms with Gasteiger partial charge in [-0.2, -0.15) is 5.10 Å². The second-order valence-corrected chi connectivity index (χ2v) is 5.45. The molecular formula is C12H18BrN3O2. The van der Waals surface area contributed by atoms with E-state index in [9.17, 15) is 4.79 Å². The summed E-state index contributed by atoms with van der Waals surface area (Å²) in [6.07, 6.45) is 4.11. The minimum atomic E-state index is -0.309. The number of hydrogen-bond donors (Lipinski definition) is 1. The van der Waals surface area contributed by atoms with Gasteiger partial charge in [0.2, 0.25) is 5.91 Å². The lowest BCUT2D eigenvalue weighted by molar-refractivity contribution is -0.124. The molecule has 0 spiro atoms. The Balaban J connectivity index is 1.87. The van der Waals surface area contributed by atoms with E-state index in [-0.39, 0.29) is 18.1 Å². The Morgan fingerprint density at radius 2 is 2.56 bits per heavy atom. The Hall–Kier alpha value is -0.880. The zero-order valence-corrected chi connectivity index (χ0v) is 12.2. The van der Waals surface area contributed by atoms with Gasteiger partial charge in [0.1, 0.15) is 6.04 Å². The highest BCUT2D eigenvalue weighted by atomic mass is 79.9. The molecule has 6 heteroatoms. The Labute approximate surface area is 115 Å². The van der Waals surface area contributed by atoms with E-state index in [0.717, 1.165) is 29.6 Å². The van der Waals surface area contributed by atoms with Crippen LogP contribution in [0, 0.1) is 6.92 Å². The molecule has 2 rings (SSSR count). The molecule has 0 aromatic carbocycles. The van der Waals surface area contributed by atoms with E-state index in [1.807, 2.05) is 20.0 Å². The Bertz CT molecular complexity index is 407. The lowest BCUT2D eigenvalue weighted by Gasteiger charge is -2.15. The average molecular weight is 316 g/mol. The maximum absolute atomic E-state index is 12.0. The molecule has 2 unspecified atom stereocenters. The second kappa shape index (κ2) is 5.84. The SMILES string of the molecule is Cc1nn(C(C)C(=O)NCC2CCCO2)cc1Br. The number of carbonyl (C=O) groups excluding carboxylic acids is 1. The molecule has 1 saturated heterocycles. The third kappa shape index (κ3) is 3.11. The van der Waals surface area contributed by atoms with Crippen molar-refractivity contribution < 1.29 is 9.53 Å². The van der Waals surface area contributed by atoms with Crippen LogP contribution in [0.15, 0.2) is 10.7 Å². The summed E-state index contributed by atoms with van der Waals surface area (Å²) in [6, 6.07) is -0.309. The average Bonchev–Trinajstić information content (AvgIpc) is 2.96. The molecule has 2 heterocycles. The van der Waals surface area contributed by atoms with Gasteiger partial charge >= 0.3 is 0 Å². The molecule has 0 aliphatic carbocycles. The number of aryl methyl sites for hydroxylation is 1. The summed E-state index contributed by atoms with van der Waals surface area (Å²) in [4.78, 5) is 12.0. The van der Waals surface area contributed by atoms with Crippen LogP contribution in [0.25, 0.3) is 0 Å². The van der Waals surface area contributed by atoms with Crippen molar-refractivity contribution in [1.29, 1.82) is 0 Å². The van der Waals surface area contributed by atoms with Crippen molar-refractivity contribution in [2.24, 2.45) is 0 Å². The van der Waals surface area contributed by atoms with Crippen molar-refractivity contribution >= 4 is 21.8 Å². The first-order valence-corrected chi connectivity index (χ1v) is 6.98. The lowest BCUT2D eigenvalue weighted by atomic mass is 10.2. The van der Waals surface area contributed by atoms with Crippen molar-refractivity contribution in [3.8, 4) is 0 Å². The van der Waals surface area contributed by atoms with Gasteiger partial charge in [-0.1, -0.05) is 0 Å². The predicted molar refractivity (Wildman–Crippen MR) is 71.4 cm³/mol. The molecule has 1 aliphatic rings. The molecule has 1 aromatic heterocycles. The zero-order valence-electron chi connectivity index (χ0n) is 10.6. The Morgan fingerprint density at radius 3 is 3.11 bits per heavy atom. The molecule has 1 N–H and O–H groups in total. The number of rotatable bonds is 4. The smallest absolute Gasteiger partial charge is 0.244 e. The number of ether oxygens (including phenoxy) is 1. The topological polar surface area (TPSA) is 56.2 Å². The van der Waals surface area contributed by atoms with E-state index >= 15 is 0 Å². The quantitative estimate of drug-likeness (QED) is 0.922. The highest BCUT2D eigenvalue weighted by Crippen LogP contribution is 2.17. The highest BCUT2D eigenvalue weighted by Gasteiger charge is 2.20. The number of nitrogens with one attached hydrogen (secondary N) is 1. The van der Waals surface area contributed by atoms with Gasteiger partial charge in [0.25, 0.3) is 0 Å². The van der Waals surface area contributed by atoms with Crippen molar-refractivity contribution in [3.05, 3.63) is 16.4 Å². The summed E-state index contributed by atoms with van der Waals surface area (Å²) in [6.45, 7) is 5.13. The number of carbonyl (C=O) groups is 1. The monoisotopic (exact) mass is 315 g/mol. The van der Waals surface area contributed by atoms with Crippen LogP contribution >= 0.6 is 15.9 Å². The molecule has 1 fully saturated rings. The van der Waals surface area contributed by atoms with Crippen molar-refractivity contribution in [2.75, 3.05) is 13.2 Å². The number of aromatic nitrogens is 2. The predicted octanol–water partition coefficient (Wildman–Crippen LogP) is 1.81. The molecule has 100 valence electrons. The van der Waals surface area contributed by atoms with E-state index in [2.05, 4.69) is 26.3 Å². The third-order valence-electron chi connectivity index (χ3n) is 3.16. The van der Waals surface area contributed by atoms with Crippen molar-refractivity contribution in [2.45, 2.75) is 38.8 Å². The fourth-order valence-electron chi connectivity index (χ4n) is 1.95. The highest BCUT2D eigenvalue weighted by molar-refractivity contribution is 9.10. The maximum Gasteiger partial charge on any atom is 0.244 e. The molecule has 0 radical (unpaired) electrons. The van der Waals surface area contributed by atoms with Crippen LogP contribution in [-0.2, 0) is 9.53 Å².